The summed E-state index contributed by atoms with van der Waals surface area (Å²) < 4.78 is 5.16. The van der Waals surface area contributed by atoms with Crippen molar-refractivity contribution in [3.05, 3.63) is 36.5 Å². The SMILES string of the molecule is C=C/C=C(\C=C/C)C(C)OC(=O)CC. The van der Waals surface area contributed by atoms with Gasteiger partial charge >= 0.3 is 5.97 Å². The van der Waals surface area contributed by atoms with Crippen molar-refractivity contribution in [2.24, 2.45) is 0 Å². The molecule has 14 heavy (non-hydrogen) atoms. The van der Waals surface area contributed by atoms with E-state index in [9.17, 15) is 4.79 Å². The van der Waals surface area contributed by atoms with Crippen molar-refractivity contribution in [2.75, 3.05) is 0 Å². The Bertz CT molecular complexity index is 249. The lowest BCUT2D eigenvalue weighted by Gasteiger charge is -2.13. The molecule has 2 heteroatoms. The zero-order valence-electron chi connectivity index (χ0n) is 9.12. The molecule has 0 aliphatic carbocycles. The van der Waals surface area contributed by atoms with Gasteiger partial charge < -0.3 is 4.74 Å². The zero-order valence-corrected chi connectivity index (χ0v) is 9.12. The highest BCUT2D eigenvalue weighted by Crippen LogP contribution is 2.09. The van der Waals surface area contributed by atoms with Crippen molar-refractivity contribution in [3.63, 3.8) is 0 Å². The predicted octanol–water partition coefficient (Wildman–Crippen LogP) is 3.02. The average molecular weight is 194 g/mol. The number of allylic oxidation sites excluding steroid dienone is 3. The molecule has 0 saturated heterocycles. The van der Waals surface area contributed by atoms with Crippen molar-refractivity contribution in [1.82, 2.24) is 0 Å². The van der Waals surface area contributed by atoms with Gasteiger partial charge in [-0.25, -0.2) is 0 Å². The molecule has 0 radical (unpaired) electrons. The summed E-state index contributed by atoms with van der Waals surface area (Å²) in [6, 6.07) is 0. The van der Waals surface area contributed by atoms with E-state index in [1.54, 1.807) is 13.0 Å². The minimum atomic E-state index is -0.211. The Labute approximate surface area is 86.0 Å². The summed E-state index contributed by atoms with van der Waals surface area (Å²) in [5.74, 6) is -0.183. The minimum Gasteiger partial charge on any atom is -0.458 e. The summed E-state index contributed by atoms with van der Waals surface area (Å²) in [7, 11) is 0. The zero-order chi connectivity index (χ0) is 11.0. The lowest BCUT2D eigenvalue weighted by molar-refractivity contribution is -0.146. The molecule has 0 heterocycles. The van der Waals surface area contributed by atoms with E-state index in [-0.39, 0.29) is 12.1 Å². The van der Waals surface area contributed by atoms with Crippen LogP contribution in [0.2, 0.25) is 0 Å². The van der Waals surface area contributed by atoms with Gasteiger partial charge in [-0.15, -0.1) is 0 Å². The highest BCUT2D eigenvalue weighted by molar-refractivity contribution is 5.69. The molecule has 78 valence electrons. The molecule has 0 aromatic rings. The molecule has 1 atom stereocenters. The molecule has 0 aromatic carbocycles. The first-order chi connectivity index (χ1) is 6.65. The van der Waals surface area contributed by atoms with Gasteiger partial charge in [0, 0.05) is 6.42 Å². The van der Waals surface area contributed by atoms with Crippen molar-refractivity contribution < 1.29 is 9.53 Å². The fraction of sp³-hybridized carbons (Fsp3) is 0.417. The van der Waals surface area contributed by atoms with E-state index < -0.39 is 0 Å². The van der Waals surface area contributed by atoms with E-state index in [0.717, 1.165) is 5.57 Å². The van der Waals surface area contributed by atoms with Gasteiger partial charge in [0.25, 0.3) is 0 Å². The second-order valence-electron chi connectivity index (χ2n) is 2.89. The van der Waals surface area contributed by atoms with E-state index in [1.807, 2.05) is 32.1 Å². The Morgan fingerprint density at radius 1 is 1.57 bits per heavy atom. The number of hydrogen-bond donors (Lipinski definition) is 0. The molecular formula is C12H18O2. The first-order valence-electron chi connectivity index (χ1n) is 4.80. The largest absolute Gasteiger partial charge is 0.458 e. The van der Waals surface area contributed by atoms with Gasteiger partial charge in [-0.1, -0.05) is 37.8 Å². The topological polar surface area (TPSA) is 26.3 Å². The van der Waals surface area contributed by atoms with Gasteiger partial charge in [0.15, 0.2) is 0 Å². The number of carbonyl (C=O) groups excluding carboxylic acids is 1. The van der Waals surface area contributed by atoms with Gasteiger partial charge in [-0.05, 0) is 19.4 Å². The summed E-state index contributed by atoms with van der Waals surface area (Å²) in [6.07, 6.45) is 7.54. The van der Waals surface area contributed by atoms with E-state index in [0.29, 0.717) is 6.42 Å². The van der Waals surface area contributed by atoms with Crippen molar-refractivity contribution in [1.29, 1.82) is 0 Å². The van der Waals surface area contributed by atoms with Gasteiger partial charge in [0.2, 0.25) is 0 Å². The Morgan fingerprint density at radius 2 is 2.21 bits per heavy atom. The molecule has 0 amide bonds. The van der Waals surface area contributed by atoms with E-state index in [2.05, 4.69) is 6.58 Å². The lowest BCUT2D eigenvalue weighted by Crippen LogP contribution is -2.15. The van der Waals surface area contributed by atoms with Crippen LogP contribution in [0.4, 0.5) is 0 Å². The molecule has 0 N–H and O–H groups in total. The summed E-state index contributed by atoms with van der Waals surface area (Å²) in [5.41, 5.74) is 0.948. The van der Waals surface area contributed by atoms with Crippen LogP contribution >= 0.6 is 0 Å². The number of esters is 1. The highest BCUT2D eigenvalue weighted by Gasteiger charge is 2.09. The monoisotopic (exact) mass is 194 g/mol. The maximum absolute atomic E-state index is 11.0. The van der Waals surface area contributed by atoms with Gasteiger partial charge in [0.1, 0.15) is 6.10 Å². The van der Waals surface area contributed by atoms with Crippen LogP contribution in [0.1, 0.15) is 27.2 Å². The second kappa shape index (κ2) is 7.13. The first-order valence-corrected chi connectivity index (χ1v) is 4.80. The van der Waals surface area contributed by atoms with Crippen molar-refractivity contribution >= 4 is 5.97 Å². The van der Waals surface area contributed by atoms with Gasteiger partial charge in [-0.2, -0.15) is 0 Å². The Morgan fingerprint density at radius 3 is 2.64 bits per heavy atom. The van der Waals surface area contributed by atoms with Crippen molar-refractivity contribution in [3.8, 4) is 0 Å². The molecule has 0 saturated carbocycles. The van der Waals surface area contributed by atoms with Gasteiger partial charge in [-0.3, -0.25) is 4.79 Å². The van der Waals surface area contributed by atoms with E-state index in [4.69, 9.17) is 4.74 Å². The standard InChI is InChI=1S/C12H18O2/c1-5-8-11(9-6-2)10(4)14-12(13)7-3/h5-6,8-10H,1,7H2,2-4H3/b9-6-,11-8+. The van der Waals surface area contributed by atoms with E-state index in [1.165, 1.54) is 0 Å². The Hall–Kier alpha value is -1.31. The molecule has 0 rings (SSSR count). The van der Waals surface area contributed by atoms with Crippen LogP contribution in [0.3, 0.4) is 0 Å². The summed E-state index contributed by atoms with van der Waals surface area (Å²) in [4.78, 5) is 11.0. The fourth-order valence-electron chi connectivity index (χ4n) is 1.00. The molecule has 0 aromatic heterocycles. The van der Waals surface area contributed by atoms with Crippen LogP contribution in [-0.2, 0) is 9.53 Å². The van der Waals surface area contributed by atoms with Crippen LogP contribution in [0.5, 0.6) is 0 Å². The number of carbonyl (C=O) groups is 1. The average Bonchev–Trinajstić information content (AvgIpc) is 2.17. The molecule has 0 bridgehead atoms. The Kier molecular flexibility index (Phi) is 6.46. The normalized spacial score (nSPS) is 14.1. The van der Waals surface area contributed by atoms with Crippen LogP contribution in [-0.4, -0.2) is 12.1 Å². The van der Waals surface area contributed by atoms with Crippen LogP contribution in [0.25, 0.3) is 0 Å². The number of hydrogen-bond acceptors (Lipinski definition) is 2. The molecule has 2 nitrogen and oxygen atoms in total. The summed E-state index contributed by atoms with van der Waals surface area (Å²) in [6.45, 7) is 9.17. The minimum absolute atomic E-state index is 0.183. The number of rotatable bonds is 5. The Balaban J connectivity index is 4.44. The van der Waals surface area contributed by atoms with E-state index >= 15 is 0 Å². The third kappa shape index (κ3) is 4.65. The van der Waals surface area contributed by atoms with Crippen LogP contribution in [0.15, 0.2) is 36.5 Å². The van der Waals surface area contributed by atoms with Crippen LogP contribution in [0, 0.1) is 0 Å². The summed E-state index contributed by atoms with van der Waals surface area (Å²) in [5, 5.41) is 0. The molecule has 1 unspecified atom stereocenters. The third-order valence-corrected chi connectivity index (χ3v) is 1.74. The predicted molar refractivity (Wildman–Crippen MR) is 58.9 cm³/mol. The lowest BCUT2D eigenvalue weighted by atomic mass is 10.1. The smallest absolute Gasteiger partial charge is 0.306 e. The molecular weight excluding hydrogens is 176 g/mol. The molecule has 0 spiro atoms. The fourth-order valence-corrected chi connectivity index (χ4v) is 1.00. The highest BCUT2D eigenvalue weighted by atomic mass is 16.5. The third-order valence-electron chi connectivity index (χ3n) is 1.74. The second-order valence-corrected chi connectivity index (χ2v) is 2.89. The summed E-state index contributed by atoms with van der Waals surface area (Å²) >= 11 is 0. The molecule has 0 aliphatic rings. The van der Waals surface area contributed by atoms with Crippen molar-refractivity contribution in [2.45, 2.75) is 33.3 Å². The first kappa shape index (κ1) is 12.7. The molecule has 0 aliphatic heterocycles. The maximum Gasteiger partial charge on any atom is 0.306 e. The van der Waals surface area contributed by atoms with Gasteiger partial charge in [0.05, 0.1) is 0 Å². The number of ether oxygens (including phenoxy) is 1. The van der Waals surface area contributed by atoms with Crippen LogP contribution < -0.4 is 0 Å². The molecule has 0 fully saturated rings. The quantitative estimate of drug-likeness (QED) is 0.496. The maximum atomic E-state index is 11.0.